The van der Waals surface area contributed by atoms with E-state index >= 15 is 0 Å². The molecule has 0 aliphatic carbocycles. The zero-order valence-electron chi connectivity index (χ0n) is 27.5. The summed E-state index contributed by atoms with van der Waals surface area (Å²) in [6.07, 6.45) is 24.8. The van der Waals surface area contributed by atoms with Crippen LogP contribution in [0, 0.1) is 17.8 Å². The van der Waals surface area contributed by atoms with E-state index in [0.717, 1.165) is 25.7 Å². The van der Waals surface area contributed by atoms with Crippen molar-refractivity contribution >= 4 is 32.1 Å². The van der Waals surface area contributed by atoms with Crippen molar-refractivity contribution in [2.24, 2.45) is 23.5 Å². The number of aliphatic carboxylic acids is 1. The summed E-state index contributed by atoms with van der Waals surface area (Å²) < 4.78 is 25.2. The molecule has 0 bridgehead atoms. The molecule has 0 aromatic heterocycles. The van der Waals surface area contributed by atoms with Gasteiger partial charge in [0.15, 0.2) is 6.29 Å². The molecule has 0 saturated carbocycles. The summed E-state index contributed by atoms with van der Waals surface area (Å²) in [5, 5.41) is 30.8. The third kappa shape index (κ3) is 21.2. The molecule has 0 spiro atoms. The number of alkyl halides is 1. The number of hydrogen-bond acceptors (Lipinski definition) is 6. The topological polar surface area (TPSA) is 153 Å². The number of allylic oxidation sites excluding steroid dienone is 13. The Balaban J connectivity index is 5.56. The number of carbonyl (C=O) groups excluding carboxylic acids is 1. The number of carbonyl (C=O) groups is 2. The number of hydrogen-bond donors (Lipinski definition) is 6. The summed E-state index contributed by atoms with van der Waals surface area (Å²) in [5.74, 6) is -3.53. The van der Waals surface area contributed by atoms with Crippen molar-refractivity contribution in [3.8, 4) is 0 Å². The third-order valence-corrected chi connectivity index (χ3v) is 11.3. The van der Waals surface area contributed by atoms with E-state index in [2.05, 4.69) is 18.5 Å². The first-order chi connectivity index (χ1) is 22.0. The average molecular weight is 759 g/mol. The van der Waals surface area contributed by atoms with E-state index < -0.39 is 50.2 Å². The number of nitrogens with one attached hydrogen (secondary N) is 1. The Morgan fingerprint density at radius 2 is 1.72 bits per heavy atom. The van der Waals surface area contributed by atoms with Gasteiger partial charge in [0.25, 0.3) is 0 Å². The maximum atomic E-state index is 13.4. The van der Waals surface area contributed by atoms with Crippen LogP contribution in [-0.4, -0.2) is 47.9 Å². The molecule has 0 rings (SSSR count). The fourth-order valence-electron chi connectivity index (χ4n) is 4.52. The SMILES string of the molecule is C=C/C(=C\C=C\CCCCCN)NC(=O)[C@@H](C/C=C/CC(/C=C\C)CCCC(C(=O)O)C(O)O)CCI(O)C(=CC)/C=C\C(=C)F. The molecule has 0 aliphatic rings. The maximum absolute atomic E-state index is 13.4. The molecule has 0 saturated heterocycles. The van der Waals surface area contributed by atoms with Crippen molar-refractivity contribution in [3.63, 3.8) is 0 Å². The van der Waals surface area contributed by atoms with Gasteiger partial charge in [-0.05, 0) is 13.0 Å². The second-order valence-electron chi connectivity index (χ2n) is 10.9. The molecule has 0 aromatic carbocycles. The Morgan fingerprint density at radius 1 is 1.00 bits per heavy atom. The van der Waals surface area contributed by atoms with Gasteiger partial charge in [-0.25, -0.2) is 0 Å². The van der Waals surface area contributed by atoms with Gasteiger partial charge < -0.3 is 21.1 Å². The zero-order valence-corrected chi connectivity index (χ0v) is 29.7. The van der Waals surface area contributed by atoms with Crippen molar-refractivity contribution in [2.45, 2.75) is 84.3 Å². The van der Waals surface area contributed by atoms with Gasteiger partial charge in [-0.15, -0.1) is 0 Å². The van der Waals surface area contributed by atoms with E-state index in [1.165, 1.54) is 6.08 Å². The molecule has 0 fully saturated rings. The molecule has 10 heteroatoms. The normalized spacial score (nSPS) is 15.3. The van der Waals surface area contributed by atoms with E-state index in [1.807, 2.05) is 49.5 Å². The monoisotopic (exact) mass is 758 g/mol. The molecule has 1 amide bonds. The van der Waals surface area contributed by atoms with E-state index in [9.17, 15) is 32.7 Å². The standard InChI is InChI=1S/C36H56FIN2O6/c1-5-17-29(19-16-22-33(35(42)43)36(44)45)18-13-14-20-30(25-26-38(46)31(6-2)24-23-28(4)37)34(41)40-32(7-3)21-12-10-8-9-11-15-27-39/h5-7,10,12-14,17,21,23-24,29-30,33,35,42-43,46H,3-4,8-9,11,15-16,18-20,22,25-27,39H2,1-2H3,(H,40,41)(H,44,45)/b12-10+,14-13+,17-5-,24-23-,31-6?,32-21+/t29?,30-,33?/m0/s1. The predicted molar refractivity (Wildman–Crippen MR) is 195 cm³/mol. The van der Waals surface area contributed by atoms with Crippen molar-refractivity contribution in [1.82, 2.24) is 5.32 Å². The number of aliphatic hydroxyl groups excluding tert-OH is 1. The zero-order chi connectivity index (χ0) is 34.7. The quantitative estimate of drug-likeness (QED) is 0.0135. The summed E-state index contributed by atoms with van der Waals surface area (Å²) in [5.41, 5.74) is 6.12. The summed E-state index contributed by atoms with van der Waals surface area (Å²) in [6, 6.07) is 0. The van der Waals surface area contributed by atoms with Crippen LogP contribution in [0.5, 0.6) is 0 Å². The molecular weight excluding hydrogens is 702 g/mol. The summed E-state index contributed by atoms with van der Waals surface area (Å²) >= 11 is -2.63. The first-order valence-electron chi connectivity index (χ1n) is 15.9. The van der Waals surface area contributed by atoms with Gasteiger partial charge in [-0.1, -0.05) is 0 Å². The average Bonchev–Trinajstić information content (AvgIpc) is 3.01. The van der Waals surface area contributed by atoms with Gasteiger partial charge in [-0.2, -0.15) is 0 Å². The van der Waals surface area contributed by atoms with Crippen LogP contribution in [0.25, 0.3) is 0 Å². The number of unbranched alkanes of at least 4 members (excludes halogenated alkanes) is 3. The summed E-state index contributed by atoms with van der Waals surface area (Å²) in [6.45, 7) is 11.4. The number of carboxylic acids is 1. The fraction of sp³-hybridized carbons (Fsp3) is 0.500. The summed E-state index contributed by atoms with van der Waals surface area (Å²) in [7, 11) is 0. The Hall–Kier alpha value is -2.64. The molecule has 0 aliphatic heterocycles. The van der Waals surface area contributed by atoms with Crippen LogP contribution in [-0.2, 0) is 9.59 Å². The molecule has 260 valence electrons. The molecule has 3 atom stereocenters. The minimum atomic E-state index is -2.63. The van der Waals surface area contributed by atoms with Crippen LogP contribution in [0.1, 0.15) is 78.1 Å². The van der Waals surface area contributed by atoms with Gasteiger partial charge >= 0.3 is 239 Å². The Morgan fingerprint density at radius 3 is 2.30 bits per heavy atom. The van der Waals surface area contributed by atoms with E-state index in [1.54, 1.807) is 25.2 Å². The second-order valence-corrected chi connectivity index (χ2v) is 15.1. The number of rotatable bonds is 26. The Kier molecular flexibility index (Phi) is 25.9. The van der Waals surface area contributed by atoms with Crippen molar-refractivity contribution in [3.05, 3.63) is 95.1 Å². The molecule has 8 nitrogen and oxygen atoms in total. The van der Waals surface area contributed by atoms with Crippen molar-refractivity contribution in [2.75, 3.05) is 11.0 Å². The molecule has 7 N–H and O–H groups in total. The number of nitrogens with two attached hydrogens (primary N) is 1. The minimum absolute atomic E-state index is 0.126. The number of carboxylic acid groups (broad SMARTS) is 1. The Bertz CT molecular complexity index is 1100. The van der Waals surface area contributed by atoms with E-state index in [0.29, 0.717) is 52.4 Å². The van der Waals surface area contributed by atoms with Crippen molar-refractivity contribution < 1.29 is 32.7 Å². The van der Waals surface area contributed by atoms with E-state index in [-0.39, 0.29) is 18.2 Å². The third-order valence-electron chi connectivity index (χ3n) is 7.19. The van der Waals surface area contributed by atoms with Gasteiger partial charge in [-0.3, -0.25) is 4.79 Å². The summed E-state index contributed by atoms with van der Waals surface area (Å²) in [4.78, 5) is 24.7. The van der Waals surface area contributed by atoms with Crippen LogP contribution < -0.4 is 11.1 Å². The molecule has 0 heterocycles. The molecular formula is C36H56FIN2O6. The van der Waals surface area contributed by atoms with Crippen LogP contribution >= 0.6 is 20.2 Å². The molecule has 46 heavy (non-hydrogen) atoms. The first kappa shape index (κ1) is 43.4. The van der Waals surface area contributed by atoms with Crippen molar-refractivity contribution in [1.29, 1.82) is 0 Å². The molecule has 0 aromatic rings. The number of halogens is 2. The van der Waals surface area contributed by atoms with Crippen LogP contribution in [0.4, 0.5) is 4.39 Å². The molecule has 2 unspecified atom stereocenters. The Labute approximate surface area is 283 Å². The number of aliphatic hydroxyl groups is 2. The van der Waals surface area contributed by atoms with E-state index in [4.69, 9.17) is 5.73 Å². The second kappa shape index (κ2) is 27.5. The van der Waals surface area contributed by atoms with Gasteiger partial charge in [0.1, 0.15) is 0 Å². The van der Waals surface area contributed by atoms with Crippen LogP contribution in [0.2, 0.25) is 0 Å². The van der Waals surface area contributed by atoms with Gasteiger partial charge in [0.2, 0.25) is 0 Å². The van der Waals surface area contributed by atoms with Crippen LogP contribution in [0.15, 0.2) is 95.1 Å². The van der Waals surface area contributed by atoms with Crippen LogP contribution in [0.3, 0.4) is 0 Å². The van der Waals surface area contributed by atoms with Gasteiger partial charge in [0, 0.05) is 0 Å². The first-order valence-corrected chi connectivity index (χ1v) is 19.5. The fourth-order valence-corrected chi connectivity index (χ4v) is 7.80. The predicted octanol–water partition coefficient (Wildman–Crippen LogP) is 7.32. The molecule has 0 radical (unpaired) electrons. The van der Waals surface area contributed by atoms with Gasteiger partial charge in [0.05, 0.1) is 0 Å². The number of amides is 1.